The number of carbonyl (C=O) groups is 2. The summed E-state index contributed by atoms with van der Waals surface area (Å²) in [5.74, 6) is -0.773. The molecular formula is C15H26N2O3. The van der Waals surface area contributed by atoms with Crippen molar-refractivity contribution < 1.29 is 14.7 Å². The van der Waals surface area contributed by atoms with Crippen molar-refractivity contribution in [2.45, 2.75) is 63.8 Å². The van der Waals surface area contributed by atoms with Crippen molar-refractivity contribution in [1.29, 1.82) is 0 Å². The Hall–Kier alpha value is -1.10. The summed E-state index contributed by atoms with van der Waals surface area (Å²) in [5, 5.41) is 15.5. The SMILES string of the molecule is CC1(C(=O)NC2(CC(=O)O)CCCCC2)CCNCC1. The second-order valence-corrected chi connectivity index (χ2v) is 6.68. The maximum absolute atomic E-state index is 12.6. The lowest BCUT2D eigenvalue weighted by molar-refractivity contribution is -0.141. The van der Waals surface area contributed by atoms with Gasteiger partial charge in [-0.15, -0.1) is 0 Å². The van der Waals surface area contributed by atoms with Gasteiger partial charge in [0.25, 0.3) is 0 Å². The maximum Gasteiger partial charge on any atom is 0.305 e. The molecule has 1 heterocycles. The number of hydrogen-bond acceptors (Lipinski definition) is 3. The van der Waals surface area contributed by atoms with E-state index >= 15 is 0 Å². The van der Waals surface area contributed by atoms with Crippen LogP contribution in [0.4, 0.5) is 0 Å². The quantitative estimate of drug-likeness (QED) is 0.733. The van der Waals surface area contributed by atoms with Crippen molar-refractivity contribution in [1.82, 2.24) is 10.6 Å². The Bertz CT molecular complexity index is 369. The lowest BCUT2D eigenvalue weighted by Gasteiger charge is -2.41. The van der Waals surface area contributed by atoms with Gasteiger partial charge >= 0.3 is 5.97 Å². The second kappa shape index (κ2) is 6.12. The molecule has 0 atom stereocenters. The van der Waals surface area contributed by atoms with Crippen molar-refractivity contribution in [3.63, 3.8) is 0 Å². The van der Waals surface area contributed by atoms with Crippen molar-refractivity contribution in [2.75, 3.05) is 13.1 Å². The molecule has 1 amide bonds. The number of nitrogens with one attached hydrogen (secondary N) is 2. The van der Waals surface area contributed by atoms with E-state index in [0.29, 0.717) is 0 Å². The number of carboxylic acid groups (broad SMARTS) is 1. The molecule has 0 aromatic carbocycles. The number of hydrogen-bond donors (Lipinski definition) is 3. The van der Waals surface area contributed by atoms with E-state index in [9.17, 15) is 9.59 Å². The highest BCUT2D eigenvalue weighted by atomic mass is 16.4. The van der Waals surface area contributed by atoms with E-state index in [2.05, 4.69) is 10.6 Å². The Morgan fingerprint density at radius 2 is 1.70 bits per heavy atom. The molecular weight excluding hydrogens is 256 g/mol. The Kier molecular flexibility index (Phi) is 4.68. The van der Waals surface area contributed by atoms with Crippen LogP contribution in [0, 0.1) is 5.41 Å². The van der Waals surface area contributed by atoms with E-state index in [1.165, 1.54) is 0 Å². The van der Waals surface area contributed by atoms with Crippen LogP contribution in [0.1, 0.15) is 58.3 Å². The Labute approximate surface area is 120 Å². The first-order valence-corrected chi connectivity index (χ1v) is 7.71. The molecule has 0 unspecified atom stereocenters. The van der Waals surface area contributed by atoms with Crippen LogP contribution in [-0.2, 0) is 9.59 Å². The molecule has 2 fully saturated rings. The average Bonchev–Trinajstić information content (AvgIpc) is 2.39. The van der Waals surface area contributed by atoms with Crippen LogP contribution < -0.4 is 10.6 Å². The fraction of sp³-hybridized carbons (Fsp3) is 0.867. The zero-order valence-corrected chi connectivity index (χ0v) is 12.3. The van der Waals surface area contributed by atoms with Gasteiger partial charge in [0.1, 0.15) is 0 Å². The van der Waals surface area contributed by atoms with Gasteiger partial charge in [-0.3, -0.25) is 9.59 Å². The number of carbonyl (C=O) groups excluding carboxylic acids is 1. The highest BCUT2D eigenvalue weighted by molar-refractivity contribution is 5.84. The summed E-state index contributed by atoms with van der Waals surface area (Å²) in [7, 11) is 0. The Morgan fingerprint density at radius 1 is 1.10 bits per heavy atom. The molecule has 1 saturated heterocycles. The first-order chi connectivity index (χ1) is 9.46. The topological polar surface area (TPSA) is 78.4 Å². The predicted molar refractivity (Wildman–Crippen MR) is 76.4 cm³/mol. The summed E-state index contributed by atoms with van der Waals surface area (Å²) < 4.78 is 0. The minimum Gasteiger partial charge on any atom is -0.481 e. The summed E-state index contributed by atoms with van der Waals surface area (Å²) in [6.45, 7) is 3.71. The predicted octanol–water partition coefficient (Wildman–Crippen LogP) is 1.67. The normalized spacial score (nSPS) is 24.9. The van der Waals surface area contributed by atoms with Gasteiger partial charge in [-0.2, -0.15) is 0 Å². The summed E-state index contributed by atoms with van der Waals surface area (Å²) in [6, 6.07) is 0. The highest BCUT2D eigenvalue weighted by Gasteiger charge is 2.41. The van der Waals surface area contributed by atoms with E-state index in [-0.39, 0.29) is 17.7 Å². The molecule has 0 bridgehead atoms. The van der Waals surface area contributed by atoms with Crippen LogP contribution >= 0.6 is 0 Å². The van der Waals surface area contributed by atoms with Crippen LogP contribution in [0.3, 0.4) is 0 Å². The standard InChI is InChI=1S/C15H26N2O3/c1-14(7-9-16-10-8-14)13(20)17-15(11-12(18)19)5-3-2-4-6-15/h16H,2-11H2,1H3,(H,17,20)(H,18,19). The van der Waals surface area contributed by atoms with Crippen LogP contribution in [0.5, 0.6) is 0 Å². The maximum atomic E-state index is 12.6. The van der Waals surface area contributed by atoms with Crippen molar-refractivity contribution >= 4 is 11.9 Å². The van der Waals surface area contributed by atoms with Crippen LogP contribution in [-0.4, -0.2) is 35.6 Å². The monoisotopic (exact) mass is 282 g/mol. The van der Waals surface area contributed by atoms with Gasteiger partial charge < -0.3 is 15.7 Å². The van der Waals surface area contributed by atoms with Gasteiger partial charge in [0.05, 0.1) is 12.0 Å². The largest absolute Gasteiger partial charge is 0.481 e. The van der Waals surface area contributed by atoms with Crippen molar-refractivity contribution in [3.8, 4) is 0 Å². The number of carboxylic acids is 1. The smallest absolute Gasteiger partial charge is 0.305 e. The molecule has 3 N–H and O–H groups in total. The molecule has 20 heavy (non-hydrogen) atoms. The van der Waals surface area contributed by atoms with Gasteiger partial charge in [0, 0.05) is 5.41 Å². The van der Waals surface area contributed by atoms with Gasteiger partial charge in [0.2, 0.25) is 5.91 Å². The zero-order chi connectivity index (χ0) is 14.6. The van der Waals surface area contributed by atoms with Crippen molar-refractivity contribution in [3.05, 3.63) is 0 Å². The summed E-state index contributed by atoms with van der Waals surface area (Å²) in [5.41, 5.74) is -0.872. The van der Waals surface area contributed by atoms with Crippen LogP contribution in [0.25, 0.3) is 0 Å². The Morgan fingerprint density at radius 3 is 2.25 bits per heavy atom. The van der Waals surface area contributed by atoms with Gasteiger partial charge in [-0.05, 0) is 38.8 Å². The van der Waals surface area contributed by atoms with Crippen LogP contribution in [0.15, 0.2) is 0 Å². The van der Waals surface area contributed by atoms with E-state index < -0.39 is 11.5 Å². The van der Waals surface area contributed by atoms with Crippen molar-refractivity contribution in [2.24, 2.45) is 5.41 Å². The summed E-state index contributed by atoms with van der Waals surface area (Å²) in [6.07, 6.45) is 6.42. The summed E-state index contributed by atoms with van der Waals surface area (Å²) in [4.78, 5) is 23.8. The first kappa shape index (κ1) is 15.3. The molecule has 0 aromatic heterocycles. The van der Waals surface area contributed by atoms with Gasteiger partial charge in [0.15, 0.2) is 0 Å². The zero-order valence-electron chi connectivity index (χ0n) is 12.3. The summed E-state index contributed by atoms with van der Waals surface area (Å²) >= 11 is 0. The molecule has 0 spiro atoms. The third-order valence-corrected chi connectivity index (χ3v) is 4.93. The average molecular weight is 282 g/mol. The van der Waals surface area contributed by atoms with Gasteiger partial charge in [-0.1, -0.05) is 26.2 Å². The first-order valence-electron chi connectivity index (χ1n) is 7.71. The number of amides is 1. The Balaban J connectivity index is 2.06. The van der Waals surface area contributed by atoms with E-state index in [0.717, 1.165) is 58.0 Å². The minimum atomic E-state index is -0.817. The number of aliphatic carboxylic acids is 1. The molecule has 5 heteroatoms. The molecule has 114 valence electrons. The van der Waals surface area contributed by atoms with E-state index in [1.807, 2.05) is 6.92 Å². The fourth-order valence-corrected chi connectivity index (χ4v) is 3.46. The second-order valence-electron chi connectivity index (χ2n) is 6.68. The third-order valence-electron chi connectivity index (χ3n) is 4.93. The number of rotatable bonds is 4. The lowest BCUT2D eigenvalue weighted by atomic mass is 9.75. The highest BCUT2D eigenvalue weighted by Crippen LogP contribution is 2.34. The molecule has 2 rings (SSSR count). The molecule has 0 radical (unpaired) electrons. The molecule has 1 aliphatic heterocycles. The molecule has 1 aliphatic carbocycles. The fourth-order valence-electron chi connectivity index (χ4n) is 3.46. The van der Waals surface area contributed by atoms with E-state index in [4.69, 9.17) is 5.11 Å². The molecule has 5 nitrogen and oxygen atoms in total. The number of piperidine rings is 1. The molecule has 0 aromatic rings. The molecule has 1 saturated carbocycles. The van der Waals surface area contributed by atoms with E-state index in [1.54, 1.807) is 0 Å². The lowest BCUT2D eigenvalue weighted by Crippen LogP contribution is -2.56. The minimum absolute atomic E-state index is 0.0437. The molecule has 2 aliphatic rings. The third kappa shape index (κ3) is 3.51. The van der Waals surface area contributed by atoms with Crippen LogP contribution in [0.2, 0.25) is 0 Å². The van der Waals surface area contributed by atoms with Gasteiger partial charge in [-0.25, -0.2) is 0 Å².